The van der Waals surface area contributed by atoms with Gasteiger partial charge in [-0.1, -0.05) is 11.6 Å². The van der Waals surface area contributed by atoms with Crippen molar-refractivity contribution in [1.82, 2.24) is 14.8 Å². The van der Waals surface area contributed by atoms with E-state index in [1.165, 1.54) is 12.8 Å². The highest BCUT2D eigenvalue weighted by Gasteiger charge is 2.27. The first-order valence-corrected chi connectivity index (χ1v) is 5.75. The molecular weight excluding hydrogens is 218 g/mol. The summed E-state index contributed by atoms with van der Waals surface area (Å²) in [6.07, 6.45) is 4.26. The molecule has 1 saturated carbocycles. The number of hydrogen-bond acceptors (Lipinski definition) is 3. The van der Waals surface area contributed by atoms with Gasteiger partial charge in [-0.3, -0.25) is 0 Å². The van der Waals surface area contributed by atoms with Crippen molar-refractivity contribution < 1.29 is 0 Å². The van der Waals surface area contributed by atoms with Gasteiger partial charge < -0.3 is 4.57 Å². The van der Waals surface area contributed by atoms with Crippen molar-refractivity contribution >= 4 is 22.9 Å². The standard InChI is InChI=1S/C9H8ClN3S/c10-7-3-4-14-8(7)9-12-11-5-13(9)6-1-2-6/h3-6H,1-2H2. The normalized spacial score (nSPS) is 16.1. The summed E-state index contributed by atoms with van der Waals surface area (Å²) in [5.74, 6) is 0.910. The van der Waals surface area contributed by atoms with Crippen LogP contribution in [0.5, 0.6) is 0 Å². The Hall–Kier alpha value is -0.870. The maximum absolute atomic E-state index is 6.06. The van der Waals surface area contributed by atoms with Crippen LogP contribution in [0.15, 0.2) is 17.8 Å². The zero-order valence-electron chi connectivity index (χ0n) is 7.35. The Labute approximate surface area is 90.3 Å². The van der Waals surface area contributed by atoms with Crippen molar-refractivity contribution in [2.45, 2.75) is 18.9 Å². The third-order valence-corrected chi connectivity index (χ3v) is 3.67. The first-order valence-electron chi connectivity index (χ1n) is 4.49. The number of halogens is 1. The molecular formula is C9H8ClN3S. The van der Waals surface area contributed by atoms with Crippen molar-refractivity contribution in [3.63, 3.8) is 0 Å². The molecule has 1 fully saturated rings. The molecule has 0 saturated heterocycles. The van der Waals surface area contributed by atoms with Crippen LogP contribution in [-0.2, 0) is 0 Å². The summed E-state index contributed by atoms with van der Waals surface area (Å²) < 4.78 is 2.12. The Morgan fingerprint density at radius 2 is 2.36 bits per heavy atom. The Morgan fingerprint density at radius 1 is 1.50 bits per heavy atom. The minimum Gasteiger partial charge on any atom is -0.310 e. The Bertz CT molecular complexity index is 458. The van der Waals surface area contributed by atoms with E-state index in [9.17, 15) is 0 Å². The fourth-order valence-electron chi connectivity index (χ4n) is 1.48. The third-order valence-electron chi connectivity index (χ3n) is 2.33. The second-order valence-corrected chi connectivity index (χ2v) is 4.71. The minimum absolute atomic E-state index is 0.596. The van der Waals surface area contributed by atoms with Gasteiger partial charge in [-0.2, -0.15) is 0 Å². The van der Waals surface area contributed by atoms with Crippen LogP contribution in [0.25, 0.3) is 10.7 Å². The van der Waals surface area contributed by atoms with Gasteiger partial charge in [0.2, 0.25) is 0 Å². The van der Waals surface area contributed by atoms with Crippen LogP contribution in [0.1, 0.15) is 18.9 Å². The highest BCUT2D eigenvalue weighted by atomic mass is 35.5. The second kappa shape index (κ2) is 3.07. The highest BCUT2D eigenvalue weighted by Crippen LogP contribution is 2.40. The van der Waals surface area contributed by atoms with E-state index in [2.05, 4.69) is 14.8 Å². The molecule has 0 radical (unpaired) electrons. The van der Waals surface area contributed by atoms with Crippen molar-refractivity contribution in [2.75, 3.05) is 0 Å². The van der Waals surface area contributed by atoms with Crippen LogP contribution in [0, 0.1) is 0 Å². The molecule has 1 aliphatic carbocycles. The molecule has 72 valence electrons. The predicted octanol–water partition coefficient (Wildman–Crippen LogP) is 2.99. The maximum atomic E-state index is 6.06. The summed E-state index contributed by atoms with van der Waals surface area (Å²) in [5.41, 5.74) is 0. The largest absolute Gasteiger partial charge is 0.310 e. The molecule has 2 heterocycles. The van der Waals surface area contributed by atoms with Crippen LogP contribution in [0.3, 0.4) is 0 Å². The molecule has 5 heteroatoms. The number of aromatic nitrogens is 3. The van der Waals surface area contributed by atoms with Gasteiger partial charge in [0, 0.05) is 6.04 Å². The van der Waals surface area contributed by atoms with Gasteiger partial charge in [-0.25, -0.2) is 0 Å². The fourth-order valence-corrected chi connectivity index (χ4v) is 2.61. The summed E-state index contributed by atoms with van der Waals surface area (Å²) in [7, 11) is 0. The van der Waals surface area contributed by atoms with Gasteiger partial charge in [0.05, 0.1) is 9.90 Å². The smallest absolute Gasteiger partial charge is 0.175 e. The van der Waals surface area contributed by atoms with E-state index in [1.54, 1.807) is 17.7 Å². The van der Waals surface area contributed by atoms with E-state index in [-0.39, 0.29) is 0 Å². The molecule has 3 nitrogen and oxygen atoms in total. The summed E-state index contributed by atoms with van der Waals surface area (Å²) in [5, 5.41) is 10.8. The Morgan fingerprint density at radius 3 is 3.00 bits per heavy atom. The van der Waals surface area contributed by atoms with Crippen LogP contribution >= 0.6 is 22.9 Å². The lowest BCUT2D eigenvalue weighted by molar-refractivity contribution is 0.747. The topological polar surface area (TPSA) is 30.7 Å². The Balaban J connectivity index is 2.11. The van der Waals surface area contributed by atoms with Crippen molar-refractivity contribution in [2.24, 2.45) is 0 Å². The molecule has 0 amide bonds. The van der Waals surface area contributed by atoms with Crippen molar-refractivity contribution in [3.8, 4) is 10.7 Å². The highest BCUT2D eigenvalue weighted by molar-refractivity contribution is 7.14. The molecule has 0 aliphatic heterocycles. The number of nitrogens with zero attached hydrogens (tertiary/aromatic N) is 3. The molecule has 0 bridgehead atoms. The SMILES string of the molecule is Clc1ccsc1-c1nncn1C1CC1. The Kier molecular flexibility index (Phi) is 1.85. The van der Waals surface area contributed by atoms with Crippen LogP contribution in [0.4, 0.5) is 0 Å². The molecule has 0 aromatic carbocycles. The summed E-state index contributed by atoms with van der Waals surface area (Å²) >= 11 is 7.67. The summed E-state index contributed by atoms with van der Waals surface area (Å²) in [6.45, 7) is 0. The van der Waals surface area contributed by atoms with Gasteiger partial charge in [-0.05, 0) is 24.3 Å². The first kappa shape index (κ1) is 8.44. The van der Waals surface area contributed by atoms with E-state index in [0.717, 1.165) is 15.7 Å². The summed E-state index contributed by atoms with van der Waals surface area (Å²) in [4.78, 5) is 1.02. The second-order valence-electron chi connectivity index (χ2n) is 3.39. The van der Waals surface area contributed by atoms with Gasteiger partial charge in [0.15, 0.2) is 5.82 Å². The van der Waals surface area contributed by atoms with Crippen LogP contribution in [-0.4, -0.2) is 14.8 Å². The maximum Gasteiger partial charge on any atom is 0.175 e. The van der Waals surface area contributed by atoms with Crippen molar-refractivity contribution in [3.05, 3.63) is 22.8 Å². The summed E-state index contributed by atoms with van der Waals surface area (Å²) in [6, 6.07) is 2.49. The minimum atomic E-state index is 0.596. The molecule has 1 aliphatic rings. The molecule has 0 spiro atoms. The molecule has 2 aromatic rings. The molecule has 0 atom stereocenters. The van der Waals surface area contributed by atoms with E-state index in [4.69, 9.17) is 11.6 Å². The quantitative estimate of drug-likeness (QED) is 0.787. The van der Waals surface area contributed by atoms with Crippen LogP contribution in [0.2, 0.25) is 5.02 Å². The molecule has 14 heavy (non-hydrogen) atoms. The molecule has 0 N–H and O–H groups in total. The zero-order chi connectivity index (χ0) is 9.54. The van der Waals surface area contributed by atoms with E-state index in [1.807, 2.05) is 11.4 Å². The predicted molar refractivity (Wildman–Crippen MR) is 56.6 cm³/mol. The van der Waals surface area contributed by atoms with E-state index >= 15 is 0 Å². The van der Waals surface area contributed by atoms with Gasteiger partial charge in [0.25, 0.3) is 0 Å². The number of rotatable bonds is 2. The van der Waals surface area contributed by atoms with E-state index in [0.29, 0.717) is 6.04 Å². The zero-order valence-corrected chi connectivity index (χ0v) is 8.92. The molecule has 0 unspecified atom stereocenters. The fraction of sp³-hybridized carbons (Fsp3) is 0.333. The third kappa shape index (κ3) is 1.26. The lowest BCUT2D eigenvalue weighted by Gasteiger charge is -2.01. The van der Waals surface area contributed by atoms with Gasteiger partial charge >= 0.3 is 0 Å². The first-order chi connectivity index (χ1) is 6.86. The van der Waals surface area contributed by atoms with Gasteiger partial charge in [0.1, 0.15) is 6.33 Å². The average molecular weight is 226 g/mol. The number of hydrogen-bond donors (Lipinski definition) is 0. The van der Waals surface area contributed by atoms with Crippen LogP contribution < -0.4 is 0 Å². The number of thiophene rings is 1. The molecule has 3 rings (SSSR count). The average Bonchev–Trinajstić information content (AvgIpc) is 2.75. The monoisotopic (exact) mass is 225 g/mol. The van der Waals surface area contributed by atoms with E-state index < -0.39 is 0 Å². The van der Waals surface area contributed by atoms with Crippen molar-refractivity contribution in [1.29, 1.82) is 0 Å². The molecule has 2 aromatic heterocycles. The lowest BCUT2D eigenvalue weighted by atomic mass is 10.4. The van der Waals surface area contributed by atoms with Gasteiger partial charge in [-0.15, -0.1) is 21.5 Å². The lowest BCUT2D eigenvalue weighted by Crippen LogP contribution is -1.94.